The molecule has 4 rings (SSSR count). The van der Waals surface area contributed by atoms with Crippen LogP contribution >= 0.6 is 0 Å². The lowest BCUT2D eigenvalue weighted by molar-refractivity contribution is 0.354. The Morgan fingerprint density at radius 2 is 1.78 bits per heavy atom. The first-order valence-electron chi connectivity index (χ1n) is 9.71. The predicted octanol–water partition coefficient (Wildman–Crippen LogP) is 2.42. The highest BCUT2D eigenvalue weighted by Gasteiger charge is 2.32. The van der Waals surface area contributed by atoms with Crippen molar-refractivity contribution < 1.29 is 22.3 Å². The van der Waals surface area contributed by atoms with Gasteiger partial charge < -0.3 is 20.9 Å². The van der Waals surface area contributed by atoms with E-state index in [9.17, 15) is 12.8 Å². The van der Waals surface area contributed by atoms with Gasteiger partial charge in [-0.15, -0.1) is 5.10 Å². The van der Waals surface area contributed by atoms with Gasteiger partial charge in [-0.05, 0) is 43.2 Å². The molecule has 1 aliphatic carbocycles. The zero-order chi connectivity index (χ0) is 23.0. The maximum atomic E-state index is 14.1. The Morgan fingerprint density at radius 3 is 2.41 bits per heavy atom. The van der Waals surface area contributed by atoms with Gasteiger partial charge in [-0.1, -0.05) is 0 Å². The average molecular weight is 460 g/mol. The fourth-order valence-electron chi connectivity index (χ4n) is 3.49. The van der Waals surface area contributed by atoms with E-state index in [1.165, 1.54) is 56.8 Å². The lowest BCUT2D eigenvalue weighted by Gasteiger charge is -2.11. The summed E-state index contributed by atoms with van der Waals surface area (Å²) in [6.45, 7) is 0. The van der Waals surface area contributed by atoms with E-state index in [0.29, 0.717) is 22.4 Å². The van der Waals surface area contributed by atoms with Crippen molar-refractivity contribution in [2.75, 3.05) is 14.2 Å². The maximum Gasteiger partial charge on any atom is 0.268 e. The minimum atomic E-state index is -4.11. The fourth-order valence-corrected chi connectivity index (χ4v) is 4.87. The van der Waals surface area contributed by atoms with E-state index in [4.69, 9.17) is 20.9 Å². The Hall–Kier alpha value is -3.60. The molecule has 1 heterocycles. The van der Waals surface area contributed by atoms with E-state index < -0.39 is 15.8 Å². The third kappa shape index (κ3) is 3.86. The minimum absolute atomic E-state index is 0.0444. The largest absolute Gasteiger partial charge is 0.493 e. The van der Waals surface area contributed by atoms with Crippen LogP contribution in [0.15, 0.2) is 57.7 Å². The Balaban J connectivity index is 1.95. The molecule has 11 heteroatoms. The fraction of sp³-hybridized carbons (Fsp3) is 0.238. The molecule has 1 fully saturated rings. The summed E-state index contributed by atoms with van der Waals surface area (Å²) in [7, 11) is -1.25. The molecule has 3 aromatic rings. The van der Waals surface area contributed by atoms with E-state index in [2.05, 4.69) is 10.2 Å². The van der Waals surface area contributed by atoms with Crippen LogP contribution in [-0.2, 0) is 10.0 Å². The third-order valence-electron chi connectivity index (χ3n) is 5.16. The van der Waals surface area contributed by atoms with E-state index in [1.54, 1.807) is 0 Å². The van der Waals surface area contributed by atoms with Crippen molar-refractivity contribution in [3.63, 3.8) is 0 Å². The number of halogens is 1. The van der Waals surface area contributed by atoms with Gasteiger partial charge in [-0.3, -0.25) is 0 Å². The Labute approximate surface area is 184 Å². The van der Waals surface area contributed by atoms with Crippen LogP contribution in [0.1, 0.15) is 18.4 Å². The zero-order valence-electron chi connectivity index (χ0n) is 17.4. The van der Waals surface area contributed by atoms with Gasteiger partial charge >= 0.3 is 0 Å². The van der Waals surface area contributed by atoms with Gasteiger partial charge in [0.15, 0.2) is 11.5 Å². The molecule has 1 saturated carbocycles. The number of ether oxygens (including phenoxy) is 2. The lowest BCUT2D eigenvalue weighted by atomic mass is 10.1. The van der Waals surface area contributed by atoms with Crippen LogP contribution in [0.2, 0.25) is 0 Å². The molecule has 0 bridgehead atoms. The van der Waals surface area contributed by atoms with Crippen molar-refractivity contribution >= 4 is 32.6 Å². The first kappa shape index (κ1) is 21.6. The van der Waals surface area contributed by atoms with Gasteiger partial charge in [0.1, 0.15) is 5.82 Å². The number of benzene rings is 2. The molecule has 0 unspecified atom stereocenters. The van der Waals surface area contributed by atoms with Crippen molar-refractivity contribution in [3.05, 3.63) is 54.0 Å². The molecule has 2 aromatic carbocycles. The van der Waals surface area contributed by atoms with E-state index in [0.717, 1.165) is 16.8 Å². The monoisotopic (exact) mass is 459 g/mol. The molecule has 0 saturated heterocycles. The number of hydrogen-bond donors (Lipinski definition) is 2. The number of hydrogen-bond acceptors (Lipinski definition) is 6. The third-order valence-corrected chi connectivity index (χ3v) is 6.83. The SMILES string of the molecule is COc1ccc(S(=O)(=O)n2cc(C(=NN=C(N)N)C3CC3)c3ccc(F)cc32)cc1OC. The Bertz CT molecular complexity index is 1360. The van der Waals surface area contributed by atoms with E-state index in [1.807, 2.05) is 0 Å². The standard InChI is InChI=1S/C21H22FN5O4S/c1-30-18-8-6-14(10-19(18)31-2)32(28,29)27-11-16(15-7-5-13(22)9-17(15)27)20(12-3-4-12)25-26-21(23)24/h5-12H,3-4H2,1-2H3,(H4,23,24,26). The molecule has 168 valence electrons. The van der Waals surface area contributed by atoms with Gasteiger partial charge in [0, 0.05) is 29.1 Å². The molecule has 0 spiro atoms. The highest BCUT2D eigenvalue weighted by Crippen LogP contribution is 2.38. The number of rotatable bonds is 7. The van der Waals surface area contributed by atoms with Crippen molar-refractivity contribution in [1.29, 1.82) is 0 Å². The number of aromatic nitrogens is 1. The highest BCUT2D eigenvalue weighted by atomic mass is 32.2. The van der Waals surface area contributed by atoms with Crippen molar-refractivity contribution in [2.45, 2.75) is 17.7 Å². The number of nitrogens with zero attached hydrogens (tertiary/aromatic N) is 3. The molecule has 9 nitrogen and oxygen atoms in total. The summed E-state index contributed by atoms with van der Waals surface area (Å²) in [6, 6.07) is 8.21. The first-order valence-corrected chi connectivity index (χ1v) is 11.2. The van der Waals surface area contributed by atoms with Crippen molar-refractivity contribution in [2.24, 2.45) is 27.6 Å². The number of fused-ring (bicyclic) bond motifs is 1. The van der Waals surface area contributed by atoms with Crippen molar-refractivity contribution in [1.82, 2.24) is 3.97 Å². The second-order valence-corrected chi connectivity index (χ2v) is 9.12. The molecule has 1 aliphatic rings. The highest BCUT2D eigenvalue weighted by molar-refractivity contribution is 7.90. The second kappa shape index (κ2) is 8.15. The summed E-state index contributed by atoms with van der Waals surface area (Å²) >= 11 is 0. The quantitative estimate of drug-likeness (QED) is 0.317. The molecule has 32 heavy (non-hydrogen) atoms. The number of nitrogens with two attached hydrogens (primary N) is 2. The average Bonchev–Trinajstić information content (AvgIpc) is 3.53. The summed E-state index contributed by atoms with van der Waals surface area (Å²) in [5.41, 5.74) is 12.1. The van der Waals surface area contributed by atoms with Gasteiger partial charge in [-0.25, -0.2) is 16.8 Å². The molecular formula is C21H22FN5O4S. The van der Waals surface area contributed by atoms with Crippen LogP contribution in [0.4, 0.5) is 4.39 Å². The molecule has 1 aromatic heterocycles. The maximum absolute atomic E-state index is 14.1. The minimum Gasteiger partial charge on any atom is -0.493 e. The van der Waals surface area contributed by atoms with E-state index >= 15 is 0 Å². The topological polar surface area (TPSA) is 134 Å². The van der Waals surface area contributed by atoms with Crippen LogP contribution in [0.3, 0.4) is 0 Å². The van der Waals surface area contributed by atoms with Gasteiger partial charge in [-0.2, -0.15) is 5.10 Å². The first-order chi connectivity index (χ1) is 15.3. The lowest BCUT2D eigenvalue weighted by Crippen LogP contribution is -2.22. The summed E-state index contributed by atoms with van der Waals surface area (Å²) in [5, 5.41) is 8.44. The Kier molecular flexibility index (Phi) is 5.51. The molecule has 4 N–H and O–H groups in total. The van der Waals surface area contributed by atoms with Crippen LogP contribution < -0.4 is 20.9 Å². The summed E-state index contributed by atoms with van der Waals surface area (Å²) in [6.07, 6.45) is 3.17. The molecule has 0 radical (unpaired) electrons. The number of guanidine groups is 1. The van der Waals surface area contributed by atoms with Gasteiger partial charge in [0.25, 0.3) is 10.0 Å². The molecule has 0 aliphatic heterocycles. The van der Waals surface area contributed by atoms with Crippen LogP contribution in [-0.4, -0.2) is 38.3 Å². The Morgan fingerprint density at radius 1 is 1.06 bits per heavy atom. The van der Waals surface area contributed by atoms with Crippen molar-refractivity contribution in [3.8, 4) is 11.5 Å². The number of methoxy groups -OCH3 is 2. The van der Waals surface area contributed by atoms with Gasteiger partial charge in [0.2, 0.25) is 5.96 Å². The van der Waals surface area contributed by atoms with Crippen LogP contribution in [0, 0.1) is 11.7 Å². The summed E-state index contributed by atoms with van der Waals surface area (Å²) in [4.78, 5) is -0.0444. The van der Waals surface area contributed by atoms with Gasteiger partial charge in [0.05, 0.1) is 30.3 Å². The molecular weight excluding hydrogens is 437 g/mol. The zero-order valence-corrected chi connectivity index (χ0v) is 18.3. The molecule has 0 atom stereocenters. The van der Waals surface area contributed by atoms with Crippen LogP contribution in [0.5, 0.6) is 11.5 Å². The van der Waals surface area contributed by atoms with Crippen LogP contribution in [0.25, 0.3) is 10.9 Å². The molecule has 0 amide bonds. The smallest absolute Gasteiger partial charge is 0.268 e. The summed E-state index contributed by atoms with van der Waals surface area (Å²) in [5.74, 6) is -0.0534. The van der Waals surface area contributed by atoms with E-state index in [-0.39, 0.29) is 28.0 Å². The normalized spacial score (nSPS) is 14.4. The second-order valence-electron chi connectivity index (χ2n) is 7.31. The predicted molar refractivity (Wildman–Crippen MR) is 119 cm³/mol. The summed E-state index contributed by atoms with van der Waals surface area (Å²) < 4.78 is 52.7.